The second-order valence-corrected chi connectivity index (χ2v) is 3.89. The lowest BCUT2D eigenvalue weighted by atomic mass is 9.67. The molecule has 76 valence electrons. The van der Waals surface area contributed by atoms with Gasteiger partial charge in [0.25, 0.3) is 0 Å². The molecule has 0 spiro atoms. The molecule has 0 unspecified atom stereocenters. The third kappa shape index (κ3) is 2.69. The molecule has 13 heavy (non-hydrogen) atoms. The molecule has 3 nitrogen and oxygen atoms in total. The molecule has 0 amide bonds. The minimum atomic E-state index is -0.175. The van der Waals surface area contributed by atoms with Gasteiger partial charge in [-0.05, 0) is 24.7 Å². The molecule has 0 saturated heterocycles. The first-order valence-electron chi connectivity index (χ1n) is 5.00. The van der Waals surface area contributed by atoms with Gasteiger partial charge in [0, 0.05) is 6.54 Å². The minimum Gasteiger partial charge on any atom is -0.468 e. The molecular weight excluding hydrogens is 166 g/mol. The van der Waals surface area contributed by atoms with Crippen LogP contribution in [-0.4, -0.2) is 26.2 Å². The van der Waals surface area contributed by atoms with Crippen molar-refractivity contribution in [2.45, 2.75) is 32.6 Å². The van der Waals surface area contributed by atoms with Crippen LogP contribution in [-0.2, 0) is 9.53 Å². The van der Waals surface area contributed by atoms with Crippen LogP contribution in [0.5, 0.6) is 0 Å². The highest BCUT2D eigenvalue weighted by Gasteiger charge is 2.34. The van der Waals surface area contributed by atoms with E-state index >= 15 is 0 Å². The molecule has 1 rings (SSSR count). The Labute approximate surface area is 79.8 Å². The van der Waals surface area contributed by atoms with Crippen molar-refractivity contribution in [1.29, 1.82) is 0 Å². The summed E-state index contributed by atoms with van der Waals surface area (Å²) in [7, 11) is 1.42. The van der Waals surface area contributed by atoms with E-state index in [0.717, 1.165) is 6.54 Å². The molecule has 0 heterocycles. The summed E-state index contributed by atoms with van der Waals surface area (Å²) in [6.45, 7) is 3.52. The number of esters is 1. The van der Waals surface area contributed by atoms with Gasteiger partial charge in [0.2, 0.25) is 0 Å². The largest absolute Gasteiger partial charge is 0.468 e. The molecular formula is C10H19NO2. The number of hydrogen-bond acceptors (Lipinski definition) is 3. The van der Waals surface area contributed by atoms with Gasteiger partial charge in [-0.1, -0.05) is 13.3 Å². The molecule has 0 aromatic heterocycles. The van der Waals surface area contributed by atoms with Crippen LogP contribution in [0.25, 0.3) is 0 Å². The number of ether oxygens (including phenoxy) is 1. The topological polar surface area (TPSA) is 38.3 Å². The first-order valence-corrected chi connectivity index (χ1v) is 5.00. The summed E-state index contributed by atoms with van der Waals surface area (Å²) in [6, 6.07) is 0. The highest BCUT2D eigenvalue weighted by atomic mass is 16.5. The number of hydrogen-bond donors (Lipinski definition) is 1. The summed E-state index contributed by atoms with van der Waals surface area (Å²) >= 11 is 0. The SMILES string of the molecule is CCC1(CNCC(=O)OC)CCC1. The molecule has 1 aliphatic rings. The highest BCUT2D eigenvalue weighted by molar-refractivity contribution is 5.71. The van der Waals surface area contributed by atoms with Crippen molar-refractivity contribution < 1.29 is 9.53 Å². The molecule has 3 heteroatoms. The van der Waals surface area contributed by atoms with E-state index in [2.05, 4.69) is 17.0 Å². The van der Waals surface area contributed by atoms with Crippen LogP contribution in [0.2, 0.25) is 0 Å². The van der Waals surface area contributed by atoms with Crippen LogP contribution < -0.4 is 5.32 Å². The van der Waals surface area contributed by atoms with Gasteiger partial charge in [-0.2, -0.15) is 0 Å². The summed E-state index contributed by atoms with van der Waals surface area (Å²) in [5.74, 6) is -0.175. The van der Waals surface area contributed by atoms with Gasteiger partial charge in [0.05, 0.1) is 13.7 Å². The van der Waals surface area contributed by atoms with Crippen LogP contribution in [0, 0.1) is 5.41 Å². The van der Waals surface area contributed by atoms with E-state index in [1.54, 1.807) is 0 Å². The van der Waals surface area contributed by atoms with Gasteiger partial charge in [-0.25, -0.2) is 0 Å². The fourth-order valence-electron chi connectivity index (χ4n) is 1.83. The summed E-state index contributed by atoms with van der Waals surface area (Å²) in [6.07, 6.45) is 5.16. The fraction of sp³-hybridized carbons (Fsp3) is 0.900. The Hall–Kier alpha value is -0.570. The molecule has 0 radical (unpaired) electrons. The lowest BCUT2D eigenvalue weighted by molar-refractivity contribution is -0.139. The Morgan fingerprint density at radius 2 is 2.23 bits per heavy atom. The van der Waals surface area contributed by atoms with Gasteiger partial charge in [0.1, 0.15) is 0 Å². The molecule has 0 aromatic carbocycles. The monoisotopic (exact) mass is 185 g/mol. The van der Waals surface area contributed by atoms with Crippen LogP contribution in [0.3, 0.4) is 0 Å². The summed E-state index contributed by atoms with van der Waals surface area (Å²) in [5.41, 5.74) is 0.480. The predicted octanol–water partition coefficient (Wildman–Crippen LogP) is 1.33. The van der Waals surface area contributed by atoms with Crippen molar-refractivity contribution in [3.05, 3.63) is 0 Å². The second kappa shape index (κ2) is 4.61. The average Bonchev–Trinajstić information content (AvgIpc) is 2.09. The smallest absolute Gasteiger partial charge is 0.319 e. The zero-order valence-corrected chi connectivity index (χ0v) is 8.56. The second-order valence-electron chi connectivity index (χ2n) is 3.89. The van der Waals surface area contributed by atoms with Crippen molar-refractivity contribution in [3.8, 4) is 0 Å². The van der Waals surface area contributed by atoms with Crippen LogP contribution in [0.1, 0.15) is 32.6 Å². The number of nitrogens with one attached hydrogen (secondary N) is 1. The zero-order valence-electron chi connectivity index (χ0n) is 8.56. The molecule has 0 aromatic rings. The lowest BCUT2D eigenvalue weighted by Gasteiger charge is -2.41. The number of methoxy groups -OCH3 is 1. The predicted molar refractivity (Wildman–Crippen MR) is 51.5 cm³/mol. The normalized spacial score (nSPS) is 19.2. The molecule has 1 saturated carbocycles. The maximum Gasteiger partial charge on any atom is 0.319 e. The number of rotatable bonds is 5. The van der Waals surface area contributed by atoms with E-state index in [0.29, 0.717) is 12.0 Å². The minimum absolute atomic E-state index is 0.175. The van der Waals surface area contributed by atoms with E-state index in [9.17, 15) is 4.79 Å². The molecule has 1 N–H and O–H groups in total. The first-order chi connectivity index (χ1) is 6.22. The van der Waals surface area contributed by atoms with Crippen LogP contribution in [0.4, 0.5) is 0 Å². The Balaban J connectivity index is 2.14. The molecule has 0 aliphatic heterocycles. The highest BCUT2D eigenvalue weighted by Crippen LogP contribution is 2.42. The first kappa shape index (κ1) is 10.5. The Bertz CT molecular complexity index is 170. The van der Waals surface area contributed by atoms with E-state index in [-0.39, 0.29) is 5.97 Å². The lowest BCUT2D eigenvalue weighted by Crippen LogP contribution is -2.41. The van der Waals surface area contributed by atoms with Gasteiger partial charge in [-0.15, -0.1) is 0 Å². The van der Waals surface area contributed by atoms with Crippen molar-refractivity contribution in [2.75, 3.05) is 20.2 Å². The summed E-state index contributed by atoms with van der Waals surface area (Å²) < 4.78 is 4.55. The van der Waals surface area contributed by atoms with Crippen molar-refractivity contribution >= 4 is 5.97 Å². The van der Waals surface area contributed by atoms with Gasteiger partial charge >= 0.3 is 5.97 Å². The maximum absolute atomic E-state index is 10.8. The number of carbonyl (C=O) groups excluding carboxylic acids is 1. The standard InChI is InChI=1S/C10H19NO2/c1-3-10(5-4-6-10)8-11-7-9(12)13-2/h11H,3-8H2,1-2H3. The fourth-order valence-corrected chi connectivity index (χ4v) is 1.83. The molecule has 1 fully saturated rings. The zero-order chi connectivity index (χ0) is 9.73. The van der Waals surface area contributed by atoms with Gasteiger partial charge in [-0.3, -0.25) is 4.79 Å². The third-order valence-corrected chi connectivity index (χ3v) is 3.16. The van der Waals surface area contributed by atoms with Crippen molar-refractivity contribution in [2.24, 2.45) is 5.41 Å². The van der Waals surface area contributed by atoms with E-state index in [1.165, 1.54) is 32.8 Å². The summed E-state index contributed by atoms with van der Waals surface area (Å²) in [4.78, 5) is 10.8. The van der Waals surface area contributed by atoms with Crippen LogP contribution >= 0.6 is 0 Å². The summed E-state index contributed by atoms with van der Waals surface area (Å²) in [5, 5.41) is 3.16. The number of carbonyl (C=O) groups is 1. The Morgan fingerprint density at radius 1 is 1.54 bits per heavy atom. The molecule has 0 atom stereocenters. The van der Waals surface area contributed by atoms with Crippen LogP contribution in [0.15, 0.2) is 0 Å². The Morgan fingerprint density at radius 3 is 2.62 bits per heavy atom. The van der Waals surface area contributed by atoms with E-state index in [4.69, 9.17) is 0 Å². The molecule has 1 aliphatic carbocycles. The van der Waals surface area contributed by atoms with E-state index in [1.807, 2.05) is 0 Å². The van der Waals surface area contributed by atoms with Gasteiger partial charge in [0.15, 0.2) is 0 Å². The third-order valence-electron chi connectivity index (χ3n) is 3.16. The van der Waals surface area contributed by atoms with E-state index < -0.39 is 0 Å². The quantitative estimate of drug-likeness (QED) is 0.657. The molecule has 0 bridgehead atoms. The average molecular weight is 185 g/mol. The maximum atomic E-state index is 10.8. The van der Waals surface area contributed by atoms with Gasteiger partial charge < -0.3 is 10.1 Å². The van der Waals surface area contributed by atoms with Crippen molar-refractivity contribution in [1.82, 2.24) is 5.32 Å². The van der Waals surface area contributed by atoms with Crippen molar-refractivity contribution in [3.63, 3.8) is 0 Å². The Kier molecular flexibility index (Phi) is 3.72.